The van der Waals surface area contributed by atoms with Gasteiger partial charge in [-0.25, -0.2) is 0 Å². The van der Waals surface area contributed by atoms with Gasteiger partial charge in [0.15, 0.2) is 0 Å². The number of hydrogen-bond donors (Lipinski definition) is 0. The largest absolute Gasteiger partial charge is 0.498 e. The molecule has 1 saturated heterocycles. The van der Waals surface area contributed by atoms with Crippen molar-refractivity contribution in [1.29, 1.82) is 0 Å². The lowest BCUT2D eigenvalue weighted by Crippen LogP contribution is -2.41. The van der Waals surface area contributed by atoms with Crippen LogP contribution in [0, 0.1) is 0 Å². The van der Waals surface area contributed by atoms with E-state index in [2.05, 4.69) is 0 Å². The number of hydrogen-bond acceptors (Lipinski definition) is 3. The van der Waals surface area contributed by atoms with Gasteiger partial charge in [-0.15, -0.1) is 0 Å². The van der Waals surface area contributed by atoms with Gasteiger partial charge in [-0.05, 0) is 53.7 Å². The van der Waals surface area contributed by atoms with E-state index in [0.717, 1.165) is 0 Å². The minimum atomic E-state index is -0.606. The van der Waals surface area contributed by atoms with Crippen molar-refractivity contribution in [3.63, 3.8) is 0 Å². The summed E-state index contributed by atoms with van der Waals surface area (Å²) in [6.07, 6.45) is 0.0230. The van der Waals surface area contributed by atoms with Gasteiger partial charge in [0.05, 0.1) is 22.3 Å². The summed E-state index contributed by atoms with van der Waals surface area (Å²) in [5.41, 5.74) is -0.270. The van der Waals surface area contributed by atoms with E-state index in [0.29, 0.717) is 21.3 Å². The molecule has 1 aliphatic heterocycles. The van der Waals surface area contributed by atoms with Crippen LogP contribution in [-0.4, -0.2) is 24.4 Å². The molecule has 0 aliphatic carbocycles. The summed E-state index contributed by atoms with van der Waals surface area (Å²) in [6, 6.07) is 3.52. The average Bonchev–Trinajstić information content (AvgIpc) is 2.51. The maximum Gasteiger partial charge on any atom is 0.498 e. The number of halogens is 2. The maximum absolute atomic E-state index is 6.45. The second-order valence-corrected chi connectivity index (χ2v) is 7.31. The molecule has 0 spiro atoms. The van der Waals surface area contributed by atoms with Gasteiger partial charge >= 0.3 is 7.12 Å². The third-order valence-electron chi connectivity index (χ3n) is 3.94. The molecular weight excluding hydrogens is 310 g/mol. The van der Waals surface area contributed by atoms with Crippen molar-refractivity contribution < 1.29 is 14.0 Å². The Bertz CT molecular complexity index is 528. The Morgan fingerprint density at radius 3 is 2.05 bits per heavy atom. The zero-order chi connectivity index (χ0) is 16.0. The molecular formula is C15H21BCl2O3. The first-order valence-electron chi connectivity index (χ1n) is 7.05. The summed E-state index contributed by atoms with van der Waals surface area (Å²) in [6.45, 7) is 11.8. The minimum absolute atomic E-state index is 0.0230. The van der Waals surface area contributed by atoms with Gasteiger partial charge in [0.25, 0.3) is 0 Å². The lowest BCUT2D eigenvalue weighted by atomic mass is 9.79. The molecule has 116 valence electrons. The molecule has 1 fully saturated rings. The second-order valence-electron chi connectivity index (χ2n) is 6.53. The molecule has 1 aromatic carbocycles. The number of benzene rings is 1. The Morgan fingerprint density at radius 2 is 1.57 bits per heavy atom. The third-order valence-corrected chi connectivity index (χ3v) is 4.66. The van der Waals surface area contributed by atoms with E-state index in [1.54, 1.807) is 12.1 Å². The molecule has 0 aromatic heterocycles. The van der Waals surface area contributed by atoms with Crippen molar-refractivity contribution in [2.24, 2.45) is 0 Å². The second kappa shape index (κ2) is 5.66. The monoisotopic (exact) mass is 330 g/mol. The SMILES string of the molecule is CC(C)Oc1ccc(Cl)c(B2OC(C)(C)C(C)(C)O2)c1Cl. The quantitative estimate of drug-likeness (QED) is 0.781. The molecule has 2 rings (SSSR count). The maximum atomic E-state index is 6.45. The fourth-order valence-electron chi connectivity index (χ4n) is 2.07. The molecule has 0 amide bonds. The van der Waals surface area contributed by atoms with Gasteiger partial charge in [-0.2, -0.15) is 0 Å². The van der Waals surface area contributed by atoms with E-state index in [9.17, 15) is 0 Å². The summed E-state index contributed by atoms with van der Waals surface area (Å²) in [7, 11) is -0.606. The highest BCUT2D eigenvalue weighted by Crippen LogP contribution is 2.38. The molecule has 0 atom stereocenters. The zero-order valence-electron chi connectivity index (χ0n) is 13.3. The van der Waals surface area contributed by atoms with Crippen molar-refractivity contribution in [2.75, 3.05) is 0 Å². The van der Waals surface area contributed by atoms with Crippen LogP contribution in [0.3, 0.4) is 0 Å². The topological polar surface area (TPSA) is 27.7 Å². The molecule has 1 aliphatic rings. The highest BCUT2D eigenvalue weighted by Gasteiger charge is 2.53. The molecule has 0 bridgehead atoms. The Labute approximate surface area is 137 Å². The molecule has 0 radical (unpaired) electrons. The predicted octanol–water partition coefficient (Wildman–Crippen LogP) is 4.08. The summed E-state index contributed by atoms with van der Waals surface area (Å²) in [4.78, 5) is 0. The van der Waals surface area contributed by atoms with E-state index in [1.165, 1.54) is 0 Å². The van der Waals surface area contributed by atoms with Gasteiger partial charge in [0, 0.05) is 10.5 Å². The molecule has 1 heterocycles. The normalized spacial score (nSPS) is 20.1. The van der Waals surface area contributed by atoms with Crippen LogP contribution in [-0.2, 0) is 9.31 Å². The fraction of sp³-hybridized carbons (Fsp3) is 0.600. The Balaban J connectivity index is 2.41. The first-order valence-corrected chi connectivity index (χ1v) is 7.81. The molecule has 1 aromatic rings. The number of ether oxygens (including phenoxy) is 1. The average molecular weight is 331 g/mol. The van der Waals surface area contributed by atoms with Crippen LogP contribution in [0.1, 0.15) is 41.5 Å². The lowest BCUT2D eigenvalue weighted by molar-refractivity contribution is 0.00578. The zero-order valence-corrected chi connectivity index (χ0v) is 14.8. The standard InChI is InChI=1S/C15H21BCl2O3/c1-9(2)19-11-8-7-10(17)12(13(11)18)16-20-14(3,4)15(5,6)21-16/h7-9H,1-6H3. The predicted molar refractivity (Wildman–Crippen MR) is 87.9 cm³/mol. The van der Waals surface area contributed by atoms with Gasteiger partial charge in [0.1, 0.15) is 5.75 Å². The molecule has 0 saturated carbocycles. The van der Waals surface area contributed by atoms with Crippen LogP contribution in [0.4, 0.5) is 0 Å². The smallest absolute Gasteiger partial charge is 0.489 e. The summed E-state index contributed by atoms with van der Waals surface area (Å²) in [5.74, 6) is 0.584. The Kier molecular flexibility index (Phi) is 4.56. The summed E-state index contributed by atoms with van der Waals surface area (Å²) < 4.78 is 17.8. The van der Waals surface area contributed by atoms with E-state index in [4.69, 9.17) is 37.2 Å². The molecule has 3 nitrogen and oxygen atoms in total. The van der Waals surface area contributed by atoms with Crippen LogP contribution in [0.2, 0.25) is 10.0 Å². The lowest BCUT2D eigenvalue weighted by Gasteiger charge is -2.32. The van der Waals surface area contributed by atoms with Crippen molar-refractivity contribution in [3.05, 3.63) is 22.2 Å². The minimum Gasteiger partial charge on any atom is -0.489 e. The van der Waals surface area contributed by atoms with Crippen LogP contribution in [0.5, 0.6) is 5.75 Å². The molecule has 6 heteroatoms. The molecule has 0 unspecified atom stereocenters. The van der Waals surface area contributed by atoms with Crippen LogP contribution < -0.4 is 10.2 Å². The number of rotatable bonds is 3. The third kappa shape index (κ3) is 3.19. The van der Waals surface area contributed by atoms with Gasteiger partial charge in [-0.1, -0.05) is 23.2 Å². The van der Waals surface area contributed by atoms with Crippen LogP contribution in [0.25, 0.3) is 0 Å². The van der Waals surface area contributed by atoms with E-state index >= 15 is 0 Å². The first-order chi connectivity index (χ1) is 9.55. The van der Waals surface area contributed by atoms with Crippen LogP contribution >= 0.6 is 23.2 Å². The van der Waals surface area contributed by atoms with E-state index < -0.39 is 18.3 Å². The van der Waals surface area contributed by atoms with Gasteiger partial charge in [-0.3, -0.25) is 0 Å². The summed E-state index contributed by atoms with van der Waals surface area (Å²) >= 11 is 12.8. The Hall–Kier alpha value is -0.415. The van der Waals surface area contributed by atoms with Gasteiger partial charge < -0.3 is 14.0 Å². The highest BCUT2D eigenvalue weighted by molar-refractivity contribution is 6.69. The fourth-order valence-corrected chi connectivity index (χ4v) is 2.66. The first kappa shape index (κ1) is 16.9. The van der Waals surface area contributed by atoms with Gasteiger partial charge in [0.2, 0.25) is 0 Å². The van der Waals surface area contributed by atoms with E-state index in [1.807, 2.05) is 41.5 Å². The van der Waals surface area contributed by atoms with Crippen molar-refractivity contribution >= 4 is 35.8 Å². The van der Waals surface area contributed by atoms with Crippen LogP contribution in [0.15, 0.2) is 12.1 Å². The van der Waals surface area contributed by atoms with Crippen molar-refractivity contribution in [3.8, 4) is 5.75 Å². The van der Waals surface area contributed by atoms with Crippen molar-refractivity contribution in [2.45, 2.75) is 58.8 Å². The molecule has 0 N–H and O–H groups in total. The van der Waals surface area contributed by atoms with E-state index in [-0.39, 0.29) is 6.10 Å². The molecule has 21 heavy (non-hydrogen) atoms. The summed E-state index contributed by atoms with van der Waals surface area (Å²) in [5, 5.41) is 0.948. The highest BCUT2D eigenvalue weighted by atomic mass is 35.5. The Morgan fingerprint density at radius 1 is 1.05 bits per heavy atom. The van der Waals surface area contributed by atoms with Crippen molar-refractivity contribution in [1.82, 2.24) is 0 Å².